The number of aromatic hydroxyl groups is 1. The van der Waals surface area contributed by atoms with Gasteiger partial charge in [-0.15, -0.1) is 0 Å². The van der Waals surface area contributed by atoms with E-state index in [1.807, 2.05) is 24.3 Å². The third-order valence-corrected chi connectivity index (χ3v) is 4.24. The highest BCUT2D eigenvalue weighted by atomic mass is 16.4. The Bertz CT molecular complexity index is 1200. The van der Waals surface area contributed by atoms with Crippen LogP contribution in [0.1, 0.15) is 10.4 Å². The first kappa shape index (κ1) is 16.5. The molecule has 134 valence electrons. The molecule has 4 rings (SSSR count). The maximum atomic E-state index is 12.6. The number of amides is 1. The van der Waals surface area contributed by atoms with Crippen molar-refractivity contribution < 1.29 is 19.8 Å². The van der Waals surface area contributed by atoms with Gasteiger partial charge in [0.2, 0.25) is 0 Å². The topological polar surface area (TPSA) is 128 Å². The fraction of sp³-hybridized carbons (Fsp3) is 0.0526. The van der Waals surface area contributed by atoms with Gasteiger partial charge < -0.3 is 20.5 Å². The second-order valence-electron chi connectivity index (χ2n) is 5.90. The molecule has 0 radical (unpaired) electrons. The zero-order chi connectivity index (χ0) is 19.0. The molecule has 0 aliphatic rings. The van der Waals surface area contributed by atoms with E-state index in [9.17, 15) is 14.7 Å². The van der Waals surface area contributed by atoms with Gasteiger partial charge in [0.05, 0.1) is 5.52 Å². The summed E-state index contributed by atoms with van der Waals surface area (Å²) < 4.78 is 0. The number of aliphatic carboxylic acids is 1. The SMILES string of the molecule is O=C(O)CNC(=O)c1c(O)c(-c2c[nH]c3ccccc23)cc2nccnc12. The number of rotatable bonds is 4. The van der Waals surface area contributed by atoms with Crippen LogP contribution in [0, 0.1) is 0 Å². The van der Waals surface area contributed by atoms with Gasteiger partial charge >= 0.3 is 5.97 Å². The lowest BCUT2D eigenvalue weighted by Crippen LogP contribution is -2.29. The van der Waals surface area contributed by atoms with Crippen LogP contribution in [0.5, 0.6) is 5.75 Å². The molecule has 0 atom stereocenters. The van der Waals surface area contributed by atoms with Gasteiger partial charge in [-0.05, 0) is 12.1 Å². The van der Waals surface area contributed by atoms with Gasteiger partial charge in [-0.2, -0.15) is 0 Å². The number of carbonyl (C=O) groups excluding carboxylic acids is 1. The molecule has 2 aromatic heterocycles. The summed E-state index contributed by atoms with van der Waals surface area (Å²) in [4.78, 5) is 34.8. The lowest BCUT2D eigenvalue weighted by Gasteiger charge is -2.12. The molecule has 8 nitrogen and oxygen atoms in total. The number of phenols is 1. The van der Waals surface area contributed by atoms with Crippen molar-refractivity contribution >= 4 is 33.8 Å². The van der Waals surface area contributed by atoms with E-state index in [2.05, 4.69) is 20.3 Å². The van der Waals surface area contributed by atoms with Crippen LogP contribution in [0.25, 0.3) is 33.1 Å². The van der Waals surface area contributed by atoms with Gasteiger partial charge in [-0.3, -0.25) is 19.6 Å². The van der Waals surface area contributed by atoms with E-state index in [0.717, 1.165) is 10.9 Å². The Labute approximate surface area is 152 Å². The van der Waals surface area contributed by atoms with E-state index in [-0.39, 0.29) is 16.8 Å². The number of carbonyl (C=O) groups is 2. The molecule has 1 amide bonds. The van der Waals surface area contributed by atoms with E-state index in [1.54, 1.807) is 12.3 Å². The minimum atomic E-state index is -1.19. The van der Waals surface area contributed by atoms with E-state index in [0.29, 0.717) is 16.6 Å². The molecule has 0 unspecified atom stereocenters. The fourth-order valence-electron chi connectivity index (χ4n) is 3.06. The van der Waals surface area contributed by atoms with Crippen molar-refractivity contribution in [3.8, 4) is 16.9 Å². The molecule has 0 fully saturated rings. The van der Waals surface area contributed by atoms with Gasteiger partial charge in [0.25, 0.3) is 5.91 Å². The number of nitrogens with zero attached hydrogens (tertiary/aromatic N) is 2. The predicted molar refractivity (Wildman–Crippen MR) is 98.5 cm³/mol. The normalized spacial score (nSPS) is 11.0. The zero-order valence-electron chi connectivity index (χ0n) is 13.9. The van der Waals surface area contributed by atoms with Crippen molar-refractivity contribution in [1.29, 1.82) is 0 Å². The van der Waals surface area contributed by atoms with Crippen LogP contribution in [0.15, 0.2) is 48.9 Å². The van der Waals surface area contributed by atoms with Crippen LogP contribution in [-0.4, -0.2) is 43.6 Å². The molecule has 4 aromatic rings. The Morgan fingerprint density at radius 2 is 1.89 bits per heavy atom. The number of fused-ring (bicyclic) bond motifs is 2. The number of H-pyrrole nitrogens is 1. The quantitative estimate of drug-likeness (QED) is 0.441. The van der Waals surface area contributed by atoms with Crippen LogP contribution < -0.4 is 5.32 Å². The fourth-order valence-corrected chi connectivity index (χ4v) is 3.06. The predicted octanol–water partition coefficient (Wildman–Crippen LogP) is 2.30. The number of hydrogen-bond donors (Lipinski definition) is 4. The molecule has 2 aromatic carbocycles. The Morgan fingerprint density at radius 1 is 1.11 bits per heavy atom. The van der Waals surface area contributed by atoms with E-state index >= 15 is 0 Å². The summed E-state index contributed by atoms with van der Waals surface area (Å²) >= 11 is 0. The minimum absolute atomic E-state index is 0.109. The van der Waals surface area contributed by atoms with Gasteiger partial charge in [0.15, 0.2) is 0 Å². The molecule has 2 heterocycles. The number of carboxylic acids is 1. The second kappa shape index (κ2) is 6.41. The maximum Gasteiger partial charge on any atom is 0.322 e. The van der Waals surface area contributed by atoms with Gasteiger partial charge in [0, 0.05) is 40.6 Å². The van der Waals surface area contributed by atoms with Crippen LogP contribution in [0.2, 0.25) is 0 Å². The van der Waals surface area contributed by atoms with Crippen LogP contribution >= 0.6 is 0 Å². The van der Waals surface area contributed by atoms with E-state index in [1.165, 1.54) is 12.4 Å². The first-order chi connectivity index (χ1) is 13.1. The highest BCUT2D eigenvalue weighted by Gasteiger charge is 2.23. The van der Waals surface area contributed by atoms with Crippen molar-refractivity contribution in [2.45, 2.75) is 0 Å². The van der Waals surface area contributed by atoms with E-state index in [4.69, 9.17) is 5.11 Å². The molecule has 0 aliphatic carbocycles. The zero-order valence-corrected chi connectivity index (χ0v) is 13.9. The maximum absolute atomic E-state index is 12.6. The molecule has 0 saturated heterocycles. The smallest absolute Gasteiger partial charge is 0.322 e. The molecule has 0 bridgehead atoms. The Morgan fingerprint density at radius 3 is 2.70 bits per heavy atom. The summed E-state index contributed by atoms with van der Waals surface area (Å²) in [5.74, 6) is -2.20. The lowest BCUT2D eigenvalue weighted by atomic mass is 9.98. The molecule has 0 saturated carbocycles. The average Bonchev–Trinajstić information content (AvgIpc) is 3.09. The number of hydrogen-bond acceptors (Lipinski definition) is 5. The van der Waals surface area contributed by atoms with Crippen molar-refractivity contribution in [2.75, 3.05) is 6.54 Å². The third-order valence-electron chi connectivity index (χ3n) is 4.24. The first-order valence-corrected chi connectivity index (χ1v) is 8.09. The summed E-state index contributed by atoms with van der Waals surface area (Å²) in [7, 11) is 0. The number of aromatic nitrogens is 3. The Hall–Kier alpha value is -3.94. The van der Waals surface area contributed by atoms with Gasteiger partial charge in [-0.1, -0.05) is 18.2 Å². The molecule has 27 heavy (non-hydrogen) atoms. The number of carboxylic acid groups (broad SMARTS) is 1. The monoisotopic (exact) mass is 362 g/mol. The van der Waals surface area contributed by atoms with Crippen molar-refractivity contribution in [3.05, 3.63) is 54.5 Å². The number of phenolic OH excluding ortho intramolecular Hbond substituents is 1. The molecular formula is C19H14N4O4. The average molecular weight is 362 g/mol. The molecular weight excluding hydrogens is 348 g/mol. The number of benzene rings is 2. The van der Waals surface area contributed by atoms with Crippen LogP contribution in [-0.2, 0) is 4.79 Å². The highest BCUT2D eigenvalue weighted by Crippen LogP contribution is 2.39. The standard InChI is InChI=1S/C19H14N4O4/c24-15(25)9-23-19(27)16-17-14(20-5-6-21-17)7-11(18(16)26)12-8-22-13-4-2-1-3-10(12)13/h1-8,22,26H,9H2,(H,23,27)(H,24,25). The summed E-state index contributed by atoms with van der Waals surface area (Å²) in [5.41, 5.74) is 2.48. The highest BCUT2D eigenvalue weighted by molar-refractivity contribution is 6.11. The summed E-state index contributed by atoms with van der Waals surface area (Å²) in [5, 5.41) is 22.8. The number of para-hydroxylation sites is 1. The van der Waals surface area contributed by atoms with Crippen molar-refractivity contribution in [1.82, 2.24) is 20.3 Å². The molecule has 0 spiro atoms. The second-order valence-corrected chi connectivity index (χ2v) is 5.90. The summed E-state index contributed by atoms with van der Waals surface area (Å²) in [6, 6.07) is 9.21. The van der Waals surface area contributed by atoms with Crippen molar-refractivity contribution in [3.63, 3.8) is 0 Å². The van der Waals surface area contributed by atoms with Gasteiger partial charge in [-0.25, -0.2) is 0 Å². The summed E-state index contributed by atoms with van der Waals surface area (Å²) in [6.07, 6.45) is 4.62. The minimum Gasteiger partial charge on any atom is -0.506 e. The Kier molecular flexibility index (Phi) is 3.92. The first-order valence-electron chi connectivity index (χ1n) is 8.09. The lowest BCUT2D eigenvalue weighted by molar-refractivity contribution is -0.135. The van der Waals surface area contributed by atoms with Gasteiger partial charge in [0.1, 0.15) is 23.4 Å². The van der Waals surface area contributed by atoms with Crippen LogP contribution in [0.3, 0.4) is 0 Å². The Balaban J connectivity index is 1.96. The summed E-state index contributed by atoms with van der Waals surface area (Å²) in [6.45, 7) is -0.572. The number of nitrogens with one attached hydrogen (secondary N) is 2. The van der Waals surface area contributed by atoms with Crippen molar-refractivity contribution in [2.24, 2.45) is 0 Å². The third kappa shape index (κ3) is 2.82. The van der Waals surface area contributed by atoms with Crippen LogP contribution in [0.4, 0.5) is 0 Å². The number of aromatic amines is 1. The molecule has 4 N–H and O–H groups in total. The molecule has 8 heteroatoms. The molecule has 0 aliphatic heterocycles. The van der Waals surface area contributed by atoms with E-state index < -0.39 is 18.4 Å². The largest absolute Gasteiger partial charge is 0.506 e.